The van der Waals surface area contributed by atoms with Crippen molar-refractivity contribution in [1.82, 2.24) is 0 Å². The number of rotatable bonds is 3. The molecule has 0 aliphatic carbocycles. The van der Waals surface area contributed by atoms with Gasteiger partial charge in [-0.25, -0.2) is 0 Å². The molecule has 28 heavy (non-hydrogen) atoms. The first-order valence-electron chi connectivity index (χ1n) is 9.23. The Morgan fingerprint density at radius 1 is 0.929 bits per heavy atom. The molecule has 4 nitrogen and oxygen atoms in total. The second kappa shape index (κ2) is 7.24. The highest BCUT2D eigenvalue weighted by atomic mass is 16.5. The van der Waals surface area contributed by atoms with Crippen molar-refractivity contribution in [2.24, 2.45) is 0 Å². The zero-order chi connectivity index (χ0) is 19.7. The molecule has 1 amide bonds. The molecule has 0 aromatic heterocycles. The number of nitrogen functional groups attached to an aromatic ring is 1. The number of amides is 1. The van der Waals surface area contributed by atoms with Gasteiger partial charge in [-0.15, -0.1) is 0 Å². The van der Waals surface area contributed by atoms with Crippen LogP contribution in [0.25, 0.3) is 6.08 Å². The maximum atomic E-state index is 13.2. The summed E-state index contributed by atoms with van der Waals surface area (Å²) < 4.78 is 5.93. The zero-order valence-corrected chi connectivity index (χ0v) is 16.0. The first-order chi connectivity index (χ1) is 13.5. The van der Waals surface area contributed by atoms with Crippen molar-refractivity contribution >= 4 is 23.4 Å². The van der Waals surface area contributed by atoms with Gasteiger partial charge in [0, 0.05) is 5.69 Å². The number of benzene rings is 3. The molecule has 140 valence electrons. The lowest BCUT2D eigenvalue weighted by molar-refractivity contribution is -0.117. The van der Waals surface area contributed by atoms with Crippen LogP contribution in [0.5, 0.6) is 5.75 Å². The first-order valence-corrected chi connectivity index (χ1v) is 9.23. The molecular weight excluding hydrogens is 348 g/mol. The van der Waals surface area contributed by atoms with Crippen LogP contribution in [0.15, 0.2) is 72.5 Å². The van der Waals surface area contributed by atoms with Crippen LogP contribution < -0.4 is 15.4 Å². The fourth-order valence-electron chi connectivity index (χ4n) is 3.17. The molecule has 1 aliphatic rings. The Balaban J connectivity index is 1.74. The lowest BCUT2D eigenvalue weighted by atomic mass is 10.1. The van der Waals surface area contributed by atoms with Crippen LogP contribution in [0.3, 0.4) is 0 Å². The fourth-order valence-corrected chi connectivity index (χ4v) is 3.17. The van der Waals surface area contributed by atoms with Gasteiger partial charge < -0.3 is 10.5 Å². The smallest absolute Gasteiger partial charge is 0.294 e. The number of aryl methyl sites for hydroxylation is 2. The molecule has 0 radical (unpaired) electrons. The maximum Gasteiger partial charge on any atom is 0.294 e. The second-order valence-electron chi connectivity index (χ2n) is 7.13. The van der Waals surface area contributed by atoms with E-state index in [1.807, 2.05) is 68.4 Å². The highest BCUT2D eigenvalue weighted by molar-refractivity contribution is 6.10. The lowest BCUT2D eigenvalue weighted by Gasteiger charge is -2.31. The molecule has 4 rings (SSSR count). The molecule has 0 saturated carbocycles. The number of nitrogens with zero attached hydrogens (tertiary/aromatic N) is 1. The Labute approximate surface area is 164 Å². The van der Waals surface area contributed by atoms with Crippen LogP contribution in [0, 0.1) is 13.8 Å². The minimum Gasteiger partial charge on any atom is -0.449 e. The second-order valence-corrected chi connectivity index (χ2v) is 7.13. The van der Waals surface area contributed by atoms with Crippen LogP contribution in [0.1, 0.15) is 22.3 Å². The number of fused-ring (bicyclic) bond motifs is 1. The van der Waals surface area contributed by atoms with Crippen molar-refractivity contribution < 1.29 is 9.53 Å². The number of carbonyl (C=O) groups is 1. The standard InChI is InChI=1S/C24H22N2O2/c1-16-3-7-18(8-4-16)13-23-24(27)26(15-19-9-5-17(2)6-10-19)21-14-20(25)11-12-22(21)28-23/h3-14H,15,25H2,1-2H3/b23-13+. The van der Waals surface area contributed by atoms with Gasteiger partial charge >= 0.3 is 0 Å². The maximum absolute atomic E-state index is 13.2. The van der Waals surface area contributed by atoms with E-state index >= 15 is 0 Å². The highest BCUT2D eigenvalue weighted by Crippen LogP contribution is 2.38. The lowest BCUT2D eigenvalue weighted by Crippen LogP contribution is -2.36. The molecule has 4 heteroatoms. The summed E-state index contributed by atoms with van der Waals surface area (Å²) in [5, 5.41) is 0. The molecule has 0 atom stereocenters. The van der Waals surface area contributed by atoms with E-state index in [1.165, 1.54) is 11.1 Å². The number of hydrogen-bond acceptors (Lipinski definition) is 3. The molecule has 3 aromatic rings. The van der Waals surface area contributed by atoms with Gasteiger partial charge in [0.05, 0.1) is 12.2 Å². The van der Waals surface area contributed by atoms with Gasteiger partial charge in [0.15, 0.2) is 11.5 Å². The Bertz CT molecular complexity index is 1050. The van der Waals surface area contributed by atoms with Gasteiger partial charge in [-0.1, -0.05) is 59.7 Å². The molecule has 3 aromatic carbocycles. The van der Waals surface area contributed by atoms with Crippen LogP contribution in [-0.2, 0) is 11.3 Å². The molecule has 0 bridgehead atoms. The van der Waals surface area contributed by atoms with E-state index in [9.17, 15) is 4.79 Å². The zero-order valence-electron chi connectivity index (χ0n) is 16.0. The summed E-state index contributed by atoms with van der Waals surface area (Å²) in [5.41, 5.74) is 11.6. The Hall–Kier alpha value is -3.53. The highest BCUT2D eigenvalue weighted by Gasteiger charge is 2.30. The Morgan fingerprint density at radius 3 is 2.25 bits per heavy atom. The molecule has 1 aliphatic heterocycles. The fraction of sp³-hybridized carbons (Fsp3) is 0.125. The van der Waals surface area contributed by atoms with Crippen molar-refractivity contribution in [3.63, 3.8) is 0 Å². The van der Waals surface area contributed by atoms with E-state index in [4.69, 9.17) is 10.5 Å². The number of nitrogens with two attached hydrogens (primary N) is 1. The summed E-state index contributed by atoms with van der Waals surface area (Å²) in [7, 11) is 0. The summed E-state index contributed by atoms with van der Waals surface area (Å²) in [6.45, 7) is 4.52. The van der Waals surface area contributed by atoms with Crippen LogP contribution >= 0.6 is 0 Å². The predicted molar refractivity (Wildman–Crippen MR) is 113 cm³/mol. The van der Waals surface area contributed by atoms with Crippen molar-refractivity contribution in [3.8, 4) is 5.75 Å². The first kappa shape index (κ1) is 17.9. The van der Waals surface area contributed by atoms with E-state index in [1.54, 1.807) is 23.1 Å². The van der Waals surface area contributed by atoms with Crippen molar-refractivity contribution in [1.29, 1.82) is 0 Å². The summed E-state index contributed by atoms with van der Waals surface area (Å²) >= 11 is 0. The van der Waals surface area contributed by atoms with Crippen LogP contribution in [0.2, 0.25) is 0 Å². The quantitative estimate of drug-likeness (QED) is 0.529. The number of anilines is 2. The van der Waals surface area contributed by atoms with Gasteiger partial charge in [0.25, 0.3) is 5.91 Å². The topological polar surface area (TPSA) is 55.6 Å². The summed E-state index contributed by atoms with van der Waals surface area (Å²) in [6, 6.07) is 21.5. The Kier molecular flexibility index (Phi) is 4.62. The van der Waals surface area contributed by atoms with E-state index in [0.29, 0.717) is 29.4 Å². The van der Waals surface area contributed by atoms with Gasteiger partial charge in [0.1, 0.15) is 0 Å². The summed E-state index contributed by atoms with van der Waals surface area (Å²) in [4.78, 5) is 15.0. The van der Waals surface area contributed by atoms with E-state index in [2.05, 4.69) is 0 Å². The molecular formula is C24H22N2O2. The predicted octanol–water partition coefficient (Wildman–Crippen LogP) is 4.85. The summed E-state index contributed by atoms with van der Waals surface area (Å²) in [5.74, 6) is 0.742. The molecule has 2 N–H and O–H groups in total. The number of carbonyl (C=O) groups excluding carboxylic acids is 1. The van der Waals surface area contributed by atoms with Crippen LogP contribution in [0.4, 0.5) is 11.4 Å². The summed E-state index contributed by atoms with van der Waals surface area (Å²) in [6.07, 6.45) is 1.78. The third-order valence-corrected chi connectivity index (χ3v) is 4.79. The molecule has 0 saturated heterocycles. The largest absolute Gasteiger partial charge is 0.449 e. The average molecular weight is 370 g/mol. The molecule has 0 unspecified atom stereocenters. The van der Waals surface area contributed by atoms with Crippen LogP contribution in [-0.4, -0.2) is 5.91 Å². The van der Waals surface area contributed by atoms with Crippen molar-refractivity contribution in [2.75, 3.05) is 10.6 Å². The molecule has 1 heterocycles. The number of ether oxygens (including phenoxy) is 1. The van der Waals surface area contributed by atoms with Gasteiger partial charge in [-0.05, 0) is 49.2 Å². The van der Waals surface area contributed by atoms with Gasteiger partial charge in [0.2, 0.25) is 0 Å². The van der Waals surface area contributed by atoms with Crippen molar-refractivity contribution in [2.45, 2.75) is 20.4 Å². The van der Waals surface area contributed by atoms with Crippen molar-refractivity contribution in [3.05, 3.63) is 94.7 Å². The number of hydrogen-bond donors (Lipinski definition) is 1. The minimum atomic E-state index is -0.181. The molecule has 0 spiro atoms. The normalized spacial score (nSPS) is 14.7. The van der Waals surface area contributed by atoms with E-state index < -0.39 is 0 Å². The third kappa shape index (κ3) is 3.62. The third-order valence-electron chi connectivity index (χ3n) is 4.79. The monoisotopic (exact) mass is 370 g/mol. The van der Waals surface area contributed by atoms with Gasteiger partial charge in [-0.3, -0.25) is 9.69 Å². The minimum absolute atomic E-state index is 0.181. The average Bonchev–Trinajstić information content (AvgIpc) is 2.69. The molecule has 0 fully saturated rings. The van der Waals surface area contributed by atoms with E-state index in [0.717, 1.165) is 11.1 Å². The van der Waals surface area contributed by atoms with E-state index in [-0.39, 0.29) is 5.91 Å². The van der Waals surface area contributed by atoms with Gasteiger partial charge in [-0.2, -0.15) is 0 Å². The Morgan fingerprint density at radius 2 is 1.57 bits per heavy atom. The SMILES string of the molecule is Cc1ccc(/C=C2/Oc3ccc(N)cc3N(Cc3ccc(C)cc3)C2=O)cc1.